The lowest BCUT2D eigenvalue weighted by Crippen LogP contribution is -2.11. The third-order valence-electron chi connectivity index (χ3n) is 4.90. The minimum Gasteiger partial charge on any atom is -0.326 e. The van der Waals surface area contributed by atoms with Gasteiger partial charge in [0.2, 0.25) is 0 Å². The van der Waals surface area contributed by atoms with E-state index in [1.54, 1.807) is 0 Å². The van der Waals surface area contributed by atoms with Crippen LogP contribution in [-0.2, 0) is 6.54 Å². The standard InChI is InChI=1S/C17H23N3/c18-11-12-6-9-16-15(10-12)19-17(20(16)14-7-8-14)13-4-2-1-3-5-13/h6,9-10,13-14H,1-5,7-8,11,18H2. The van der Waals surface area contributed by atoms with Gasteiger partial charge < -0.3 is 10.3 Å². The molecule has 4 rings (SSSR count). The van der Waals surface area contributed by atoms with Crippen LogP contribution in [0.15, 0.2) is 18.2 Å². The van der Waals surface area contributed by atoms with E-state index in [4.69, 9.17) is 10.7 Å². The first-order valence-electron chi connectivity index (χ1n) is 8.07. The van der Waals surface area contributed by atoms with Crippen molar-refractivity contribution >= 4 is 11.0 Å². The summed E-state index contributed by atoms with van der Waals surface area (Å²) in [6.07, 6.45) is 9.42. The van der Waals surface area contributed by atoms with Crippen LogP contribution in [-0.4, -0.2) is 9.55 Å². The second-order valence-corrected chi connectivity index (χ2v) is 6.43. The molecule has 0 aliphatic heterocycles. The number of aromatic nitrogens is 2. The van der Waals surface area contributed by atoms with Gasteiger partial charge in [-0.25, -0.2) is 4.98 Å². The molecule has 2 saturated carbocycles. The smallest absolute Gasteiger partial charge is 0.113 e. The molecular weight excluding hydrogens is 246 g/mol. The van der Waals surface area contributed by atoms with Crippen LogP contribution in [0.1, 0.15) is 68.3 Å². The Morgan fingerprint density at radius 1 is 1.10 bits per heavy atom. The summed E-state index contributed by atoms with van der Waals surface area (Å²) in [6, 6.07) is 7.28. The number of rotatable bonds is 3. The van der Waals surface area contributed by atoms with E-state index in [0.29, 0.717) is 18.5 Å². The molecule has 1 aromatic heterocycles. The maximum atomic E-state index is 5.77. The third kappa shape index (κ3) is 2.05. The molecule has 3 nitrogen and oxygen atoms in total. The van der Waals surface area contributed by atoms with Gasteiger partial charge in [0, 0.05) is 18.5 Å². The van der Waals surface area contributed by atoms with Gasteiger partial charge in [0.1, 0.15) is 5.82 Å². The molecule has 2 aliphatic rings. The van der Waals surface area contributed by atoms with Crippen molar-refractivity contribution < 1.29 is 0 Å². The summed E-state index contributed by atoms with van der Waals surface area (Å²) in [5.41, 5.74) is 9.43. The lowest BCUT2D eigenvalue weighted by molar-refractivity contribution is 0.417. The normalized spacial score (nSPS) is 20.6. The van der Waals surface area contributed by atoms with E-state index < -0.39 is 0 Å². The Kier molecular flexibility index (Phi) is 3.03. The maximum Gasteiger partial charge on any atom is 0.113 e. The molecule has 3 heteroatoms. The van der Waals surface area contributed by atoms with E-state index in [9.17, 15) is 0 Å². The zero-order valence-corrected chi connectivity index (χ0v) is 12.0. The van der Waals surface area contributed by atoms with Gasteiger partial charge in [-0.1, -0.05) is 25.3 Å². The predicted molar refractivity (Wildman–Crippen MR) is 81.7 cm³/mol. The lowest BCUT2D eigenvalue weighted by Gasteiger charge is -2.22. The average molecular weight is 269 g/mol. The number of fused-ring (bicyclic) bond motifs is 1. The molecule has 0 spiro atoms. The number of benzene rings is 1. The molecule has 2 aromatic rings. The molecule has 20 heavy (non-hydrogen) atoms. The van der Waals surface area contributed by atoms with Crippen LogP contribution in [0, 0.1) is 0 Å². The van der Waals surface area contributed by atoms with Crippen molar-refractivity contribution in [3.05, 3.63) is 29.6 Å². The number of hydrogen-bond acceptors (Lipinski definition) is 2. The molecule has 0 atom stereocenters. The highest BCUT2D eigenvalue weighted by atomic mass is 15.1. The molecule has 106 valence electrons. The Bertz CT molecular complexity index is 618. The SMILES string of the molecule is NCc1ccc2c(c1)nc(C1CCCCC1)n2C1CC1. The van der Waals surface area contributed by atoms with Gasteiger partial charge in [-0.05, 0) is 43.4 Å². The third-order valence-corrected chi connectivity index (χ3v) is 4.90. The monoisotopic (exact) mass is 269 g/mol. The first-order valence-corrected chi connectivity index (χ1v) is 8.07. The Hall–Kier alpha value is -1.35. The second-order valence-electron chi connectivity index (χ2n) is 6.43. The second kappa shape index (κ2) is 4.88. The number of nitrogens with zero attached hydrogens (tertiary/aromatic N) is 2. The summed E-state index contributed by atoms with van der Waals surface area (Å²) in [6.45, 7) is 0.602. The van der Waals surface area contributed by atoms with E-state index in [2.05, 4.69) is 22.8 Å². The molecule has 2 N–H and O–H groups in total. The Morgan fingerprint density at radius 2 is 1.90 bits per heavy atom. The van der Waals surface area contributed by atoms with Crippen LogP contribution in [0.25, 0.3) is 11.0 Å². The highest BCUT2D eigenvalue weighted by Crippen LogP contribution is 2.42. The zero-order chi connectivity index (χ0) is 13.5. The van der Waals surface area contributed by atoms with E-state index in [-0.39, 0.29) is 0 Å². The average Bonchev–Trinajstić information content (AvgIpc) is 3.27. The molecule has 2 fully saturated rings. The lowest BCUT2D eigenvalue weighted by atomic mass is 9.88. The molecule has 0 bridgehead atoms. The van der Waals surface area contributed by atoms with Crippen LogP contribution < -0.4 is 5.73 Å². The fraction of sp³-hybridized carbons (Fsp3) is 0.588. The van der Waals surface area contributed by atoms with E-state index in [0.717, 1.165) is 5.52 Å². The van der Waals surface area contributed by atoms with Crippen molar-refractivity contribution in [3.8, 4) is 0 Å². The van der Waals surface area contributed by atoms with Gasteiger partial charge in [0.05, 0.1) is 11.0 Å². The van der Waals surface area contributed by atoms with Crippen LogP contribution in [0.2, 0.25) is 0 Å². The molecule has 0 amide bonds. The van der Waals surface area contributed by atoms with Gasteiger partial charge >= 0.3 is 0 Å². The summed E-state index contributed by atoms with van der Waals surface area (Å²) in [5.74, 6) is 2.04. The van der Waals surface area contributed by atoms with E-state index in [1.807, 2.05) is 0 Å². The fourth-order valence-electron chi connectivity index (χ4n) is 3.66. The van der Waals surface area contributed by atoms with Crippen molar-refractivity contribution in [1.82, 2.24) is 9.55 Å². The molecule has 1 aromatic carbocycles. The highest BCUT2D eigenvalue weighted by Gasteiger charge is 2.31. The van der Waals surface area contributed by atoms with Gasteiger partial charge in [0.25, 0.3) is 0 Å². The Labute approximate surface area is 120 Å². The first kappa shape index (κ1) is 12.4. The molecule has 2 aliphatic carbocycles. The Morgan fingerprint density at radius 3 is 2.60 bits per heavy atom. The van der Waals surface area contributed by atoms with E-state index >= 15 is 0 Å². The zero-order valence-electron chi connectivity index (χ0n) is 12.0. The fourth-order valence-corrected chi connectivity index (χ4v) is 3.66. The molecule has 1 heterocycles. The van der Waals surface area contributed by atoms with Gasteiger partial charge in [-0.2, -0.15) is 0 Å². The van der Waals surface area contributed by atoms with Crippen LogP contribution >= 0.6 is 0 Å². The minimum atomic E-state index is 0.602. The van der Waals surface area contributed by atoms with Gasteiger partial charge in [-0.15, -0.1) is 0 Å². The van der Waals surface area contributed by atoms with Crippen molar-refractivity contribution in [2.45, 2.75) is 63.5 Å². The maximum absolute atomic E-state index is 5.77. The van der Waals surface area contributed by atoms with E-state index in [1.165, 1.54) is 61.9 Å². The summed E-state index contributed by atoms with van der Waals surface area (Å²) >= 11 is 0. The van der Waals surface area contributed by atoms with Crippen molar-refractivity contribution in [3.63, 3.8) is 0 Å². The van der Waals surface area contributed by atoms with Crippen molar-refractivity contribution in [2.24, 2.45) is 5.73 Å². The topological polar surface area (TPSA) is 43.8 Å². The molecule has 0 radical (unpaired) electrons. The molecule has 0 unspecified atom stereocenters. The molecule has 0 saturated heterocycles. The van der Waals surface area contributed by atoms with Gasteiger partial charge in [0.15, 0.2) is 0 Å². The summed E-state index contributed by atoms with van der Waals surface area (Å²) in [5, 5.41) is 0. The molecular formula is C17H23N3. The summed E-state index contributed by atoms with van der Waals surface area (Å²) < 4.78 is 2.55. The number of imidazole rings is 1. The van der Waals surface area contributed by atoms with Crippen LogP contribution in [0.4, 0.5) is 0 Å². The summed E-state index contributed by atoms with van der Waals surface area (Å²) in [4.78, 5) is 5.01. The number of hydrogen-bond donors (Lipinski definition) is 1. The highest BCUT2D eigenvalue weighted by molar-refractivity contribution is 5.77. The van der Waals surface area contributed by atoms with Crippen molar-refractivity contribution in [1.29, 1.82) is 0 Å². The minimum absolute atomic E-state index is 0.602. The number of nitrogens with two attached hydrogens (primary N) is 1. The largest absolute Gasteiger partial charge is 0.326 e. The van der Waals surface area contributed by atoms with Gasteiger partial charge in [-0.3, -0.25) is 0 Å². The predicted octanol–water partition coefficient (Wildman–Crippen LogP) is 3.88. The Balaban J connectivity index is 1.83. The quantitative estimate of drug-likeness (QED) is 0.919. The first-order chi connectivity index (χ1) is 9.86. The van der Waals surface area contributed by atoms with Crippen LogP contribution in [0.5, 0.6) is 0 Å². The summed E-state index contributed by atoms with van der Waals surface area (Å²) in [7, 11) is 0. The van der Waals surface area contributed by atoms with Crippen LogP contribution in [0.3, 0.4) is 0 Å². The van der Waals surface area contributed by atoms with Crippen molar-refractivity contribution in [2.75, 3.05) is 0 Å².